The quantitative estimate of drug-likeness (QED) is 0.469. The molecule has 7 heteroatoms. The molecule has 0 unspecified atom stereocenters. The highest BCUT2D eigenvalue weighted by Gasteiger charge is 2.46. The standard InChI is InChI=1S/C27H25ClF2N2O2/c1-34-21-6-8-25-22(15-21)27(17-32(25)26(33)19-3-2-4-20(28)14-19)9-11-31(12-10-27)16-18-5-7-23(29)24(30)13-18/h2-8,13-15H,9-12,16-17H2,1H3. The van der Waals surface area contributed by atoms with E-state index in [1.54, 1.807) is 37.4 Å². The van der Waals surface area contributed by atoms with Gasteiger partial charge in [0.05, 0.1) is 7.11 Å². The molecule has 1 amide bonds. The van der Waals surface area contributed by atoms with E-state index in [0.717, 1.165) is 48.5 Å². The van der Waals surface area contributed by atoms with Crippen molar-refractivity contribution in [1.29, 1.82) is 0 Å². The summed E-state index contributed by atoms with van der Waals surface area (Å²) in [5, 5.41) is 0.528. The number of carbonyl (C=O) groups is 1. The molecule has 0 radical (unpaired) electrons. The highest BCUT2D eigenvalue weighted by Crippen LogP contribution is 2.48. The first-order valence-electron chi connectivity index (χ1n) is 11.3. The first-order valence-corrected chi connectivity index (χ1v) is 11.7. The molecule has 1 saturated heterocycles. The summed E-state index contributed by atoms with van der Waals surface area (Å²) in [5.41, 5.74) is 3.14. The van der Waals surface area contributed by atoms with Gasteiger partial charge in [-0.05, 0) is 85.6 Å². The van der Waals surface area contributed by atoms with Gasteiger partial charge in [0.1, 0.15) is 5.75 Å². The van der Waals surface area contributed by atoms with Crippen LogP contribution in [0.25, 0.3) is 0 Å². The van der Waals surface area contributed by atoms with Gasteiger partial charge >= 0.3 is 0 Å². The van der Waals surface area contributed by atoms with Gasteiger partial charge in [0.15, 0.2) is 11.6 Å². The molecular weight excluding hydrogens is 458 g/mol. The maximum Gasteiger partial charge on any atom is 0.258 e. The summed E-state index contributed by atoms with van der Waals surface area (Å²) in [7, 11) is 1.64. The molecule has 0 saturated carbocycles. The fourth-order valence-electron chi connectivity index (χ4n) is 5.20. The Morgan fingerprint density at radius 1 is 1.03 bits per heavy atom. The third kappa shape index (κ3) is 4.17. The Bertz CT molecular complexity index is 1240. The van der Waals surface area contributed by atoms with Crippen LogP contribution in [0.3, 0.4) is 0 Å². The molecule has 1 spiro atoms. The van der Waals surface area contributed by atoms with Gasteiger partial charge in [-0.25, -0.2) is 8.78 Å². The number of anilines is 1. The number of hydrogen-bond acceptors (Lipinski definition) is 3. The van der Waals surface area contributed by atoms with Crippen LogP contribution in [0.5, 0.6) is 5.75 Å². The second kappa shape index (κ2) is 9.01. The third-order valence-corrected chi connectivity index (χ3v) is 7.28. The van der Waals surface area contributed by atoms with Crippen LogP contribution in [0.1, 0.15) is 34.3 Å². The van der Waals surface area contributed by atoms with Crippen molar-refractivity contribution in [3.63, 3.8) is 0 Å². The zero-order valence-electron chi connectivity index (χ0n) is 18.9. The molecule has 176 valence electrons. The fraction of sp³-hybridized carbons (Fsp3) is 0.296. The molecule has 4 nitrogen and oxygen atoms in total. The Labute approximate surface area is 202 Å². The summed E-state index contributed by atoms with van der Waals surface area (Å²) in [6.45, 7) is 2.72. The lowest BCUT2D eigenvalue weighted by atomic mass is 9.74. The number of ether oxygens (including phenoxy) is 1. The van der Waals surface area contributed by atoms with E-state index in [4.69, 9.17) is 16.3 Å². The molecule has 2 aliphatic heterocycles. The normalized spacial score (nSPS) is 17.1. The molecule has 0 aromatic heterocycles. The van der Waals surface area contributed by atoms with E-state index in [0.29, 0.717) is 23.7 Å². The van der Waals surface area contributed by atoms with Crippen molar-refractivity contribution < 1.29 is 18.3 Å². The van der Waals surface area contributed by atoms with Crippen molar-refractivity contribution in [3.8, 4) is 5.75 Å². The number of halogens is 3. The maximum atomic E-state index is 13.6. The lowest BCUT2D eigenvalue weighted by molar-refractivity contribution is 0.0975. The van der Waals surface area contributed by atoms with Crippen molar-refractivity contribution in [2.45, 2.75) is 24.8 Å². The largest absolute Gasteiger partial charge is 0.497 e. The number of hydrogen-bond donors (Lipinski definition) is 0. The maximum absolute atomic E-state index is 13.6. The van der Waals surface area contributed by atoms with Crippen molar-refractivity contribution in [2.24, 2.45) is 0 Å². The average molecular weight is 483 g/mol. The van der Waals surface area contributed by atoms with Gasteiger partial charge in [-0.3, -0.25) is 9.69 Å². The number of likely N-dealkylation sites (tertiary alicyclic amines) is 1. The van der Waals surface area contributed by atoms with E-state index in [1.807, 2.05) is 23.1 Å². The van der Waals surface area contributed by atoms with Gasteiger partial charge in [0, 0.05) is 34.8 Å². The Morgan fingerprint density at radius 2 is 1.82 bits per heavy atom. The number of rotatable bonds is 4. The third-order valence-electron chi connectivity index (χ3n) is 7.05. The molecule has 0 N–H and O–H groups in total. The highest BCUT2D eigenvalue weighted by molar-refractivity contribution is 6.31. The number of fused-ring (bicyclic) bond motifs is 2. The summed E-state index contributed by atoms with van der Waals surface area (Å²) in [5.74, 6) is -0.963. The first-order chi connectivity index (χ1) is 16.4. The van der Waals surface area contributed by atoms with Gasteiger partial charge in [0.25, 0.3) is 5.91 Å². The minimum atomic E-state index is -0.831. The lowest BCUT2D eigenvalue weighted by Crippen LogP contribution is -2.45. The van der Waals surface area contributed by atoms with Gasteiger partial charge in [-0.1, -0.05) is 23.7 Å². The predicted molar refractivity (Wildman–Crippen MR) is 129 cm³/mol. The summed E-state index contributed by atoms with van der Waals surface area (Å²) in [4.78, 5) is 17.6. The number of piperidine rings is 1. The van der Waals surface area contributed by atoms with Crippen LogP contribution in [0.15, 0.2) is 60.7 Å². The molecule has 2 aliphatic rings. The van der Waals surface area contributed by atoms with E-state index in [1.165, 1.54) is 12.1 Å². The molecule has 5 rings (SSSR count). The minimum Gasteiger partial charge on any atom is -0.497 e. The Morgan fingerprint density at radius 3 is 2.53 bits per heavy atom. The first kappa shape index (κ1) is 22.8. The van der Waals surface area contributed by atoms with Gasteiger partial charge in [-0.15, -0.1) is 0 Å². The number of nitrogens with zero attached hydrogens (tertiary/aromatic N) is 2. The van der Waals surface area contributed by atoms with Crippen LogP contribution in [0.2, 0.25) is 5.02 Å². The second-order valence-electron chi connectivity index (χ2n) is 9.09. The van der Waals surface area contributed by atoms with E-state index in [-0.39, 0.29) is 11.3 Å². The molecule has 3 aromatic carbocycles. The molecular formula is C27H25ClF2N2O2. The van der Waals surface area contributed by atoms with Crippen LogP contribution < -0.4 is 9.64 Å². The molecule has 34 heavy (non-hydrogen) atoms. The van der Waals surface area contributed by atoms with Crippen LogP contribution in [0, 0.1) is 11.6 Å². The van der Waals surface area contributed by atoms with Crippen LogP contribution in [-0.2, 0) is 12.0 Å². The molecule has 0 aliphatic carbocycles. The highest BCUT2D eigenvalue weighted by atomic mass is 35.5. The van der Waals surface area contributed by atoms with Crippen molar-refractivity contribution >= 4 is 23.2 Å². The van der Waals surface area contributed by atoms with Crippen LogP contribution in [-0.4, -0.2) is 37.6 Å². The zero-order valence-corrected chi connectivity index (χ0v) is 19.6. The predicted octanol–water partition coefficient (Wildman–Crippen LogP) is 5.82. The number of methoxy groups -OCH3 is 1. The monoisotopic (exact) mass is 482 g/mol. The average Bonchev–Trinajstić information content (AvgIpc) is 3.15. The number of carbonyl (C=O) groups excluding carboxylic acids is 1. The summed E-state index contributed by atoms with van der Waals surface area (Å²) in [6.07, 6.45) is 1.69. The van der Waals surface area contributed by atoms with Crippen LogP contribution >= 0.6 is 11.6 Å². The smallest absolute Gasteiger partial charge is 0.258 e. The molecule has 2 heterocycles. The van der Waals surface area contributed by atoms with E-state index in [2.05, 4.69) is 4.90 Å². The van der Waals surface area contributed by atoms with Gasteiger partial charge in [-0.2, -0.15) is 0 Å². The van der Waals surface area contributed by atoms with Crippen LogP contribution in [0.4, 0.5) is 14.5 Å². The lowest BCUT2D eigenvalue weighted by Gasteiger charge is -2.40. The minimum absolute atomic E-state index is 0.0741. The van der Waals surface area contributed by atoms with Gasteiger partial charge in [0.2, 0.25) is 0 Å². The molecule has 0 bridgehead atoms. The Balaban J connectivity index is 1.40. The SMILES string of the molecule is COc1ccc2c(c1)C1(CCN(Cc3ccc(F)c(F)c3)CC1)CN2C(=O)c1cccc(Cl)c1. The molecule has 0 atom stereocenters. The Kier molecular flexibility index (Phi) is 6.04. The Hall–Kier alpha value is -2.96. The summed E-state index contributed by atoms with van der Waals surface area (Å²) >= 11 is 6.14. The number of amides is 1. The number of benzene rings is 3. The molecule has 1 fully saturated rings. The topological polar surface area (TPSA) is 32.8 Å². The second-order valence-corrected chi connectivity index (χ2v) is 9.53. The summed E-state index contributed by atoms with van der Waals surface area (Å²) < 4.78 is 32.4. The van der Waals surface area contributed by atoms with Crippen molar-refractivity contribution in [2.75, 3.05) is 31.6 Å². The van der Waals surface area contributed by atoms with Crippen molar-refractivity contribution in [3.05, 3.63) is 94.0 Å². The van der Waals surface area contributed by atoms with Gasteiger partial charge < -0.3 is 9.64 Å². The van der Waals surface area contributed by atoms with E-state index in [9.17, 15) is 13.6 Å². The van der Waals surface area contributed by atoms with Crippen molar-refractivity contribution in [1.82, 2.24) is 4.90 Å². The fourth-order valence-corrected chi connectivity index (χ4v) is 5.39. The van der Waals surface area contributed by atoms with E-state index < -0.39 is 11.6 Å². The van der Waals surface area contributed by atoms with E-state index >= 15 is 0 Å². The summed E-state index contributed by atoms with van der Waals surface area (Å²) in [6, 6.07) is 17.0. The zero-order chi connectivity index (χ0) is 23.9. The molecule has 3 aromatic rings.